The van der Waals surface area contributed by atoms with E-state index < -0.39 is 0 Å². The smallest absolute Gasteiger partial charge is 0.262 e. The van der Waals surface area contributed by atoms with E-state index in [2.05, 4.69) is 21.2 Å². The van der Waals surface area contributed by atoms with Crippen LogP contribution in [-0.4, -0.2) is 13.0 Å². The Morgan fingerprint density at radius 3 is 2.89 bits per heavy atom. The molecule has 3 nitrogen and oxygen atoms in total. The van der Waals surface area contributed by atoms with Crippen LogP contribution < -0.4 is 10.1 Å². The number of ether oxygens (including phenoxy) is 1. The lowest BCUT2D eigenvalue weighted by atomic mass is 10.2. The van der Waals surface area contributed by atoms with Gasteiger partial charge in [0.15, 0.2) is 0 Å². The Kier molecular flexibility index (Phi) is 4.85. The van der Waals surface area contributed by atoms with Gasteiger partial charge in [-0.05, 0) is 39.5 Å². The highest BCUT2D eigenvalue weighted by atomic mass is 79.9. The molecule has 2 rings (SSSR count). The van der Waals surface area contributed by atoms with Gasteiger partial charge in [-0.3, -0.25) is 4.79 Å². The summed E-state index contributed by atoms with van der Waals surface area (Å²) in [5.74, 6) is 0.530. The Hall–Kier alpha value is -1.04. The van der Waals surface area contributed by atoms with Crippen molar-refractivity contribution in [1.29, 1.82) is 0 Å². The zero-order valence-electron chi connectivity index (χ0n) is 10.1. The van der Waals surface area contributed by atoms with E-state index in [4.69, 9.17) is 16.3 Å². The summed E-state index contributed by atoms with van der Waals surface area (Å²) in [6, 6.07) is 7.24. The van der Waals surface area contributed by atoms with Crippen molar-refractivity contribution in [3.8, 4) is 5.75 Å². The van der Waals surface area contributed by atoms with Crippen LogP contribution in [0.5, 0.6) is 5.75 Å². The van der Waals surface area contributed by atoms with Crippen LogP contribution in [0.2, 0.25) is 5.02 Å². The molecule has 0 aliphatic rings. The molecule has 0 aliphatic carbocycles. The lowest BCUT2D eigenvalue weighted by molar-refractivity contribution is 0.0954. The van der Waals surface area contributed by atoms with Crippen LogP contribution >= 0.6 is 38.9 Å². The van der Waals surface area contributed by atoms with Gasteiger partial charge in [0, 0.05) is 21.6 Å². The standard InChI is InChI=1S/C13H11BrClNO2S/c1-18-11-4-2-3-10(15)8(11)7-16-13(17)12-9(14)5-6-19-12/h2-6H,7H2,1H3,(H,16,17). The minimum atomic E-state index is -0.135. The third-order valence-electron chi connectivity index (χ3n) is 2.54. The first-order chi connectivity index (χ1) is 9.13. The van der Waals surface area contributed by atoms with Crippen molar-refractivity contribution in [2.24, 2.45) is 0 Å². The number of carbonyl (C=O) groups is 1. The fourth-order valence-electron chi connectivity index (χ4n) is 1.61. The lowest BCUT2D eigenvalue weighted by Gasteiger charge is -2.11. The van der Waals surface area contributed by atoms with E-state index >= 15 is 0 Å². The third-order valence-corrected chi connectivity index (χ3v) is 4.74. The molecule has 1 heterocycles. The quantitative estimate of drug-likeness (QED) is 0.891. The van der Waals surface area contributed by atoms with E-state index in [9.17, 15) is 4.79 Å². The topological polar surface area (TPSA) is 38.3 Å². The van der Waals surface area contributed by atoms with E-state index in [0.29, 0.717) is 22.2 Å². The number of hydrogen-bond donors (Lipinski definition) is 1. The van der Waals surface area contributed by atoms with Gasteiger partial charge in [-0.15, -0.1) is 11.3 Å². The second kappa shape index (κ2) is 6.41. The average Bonchev–Trinajstić information content (AvgIpc) is 2.83. The number of nitrogens with one attached hydrogen (secondary N) is 1. The Morgan fingerprint density at radius 1 is 1.47 bits per heavy atom. The largest absolute Gasteiger partial charge is 0.496 e. The maximum absolute atomic E-state index is 12.0. The van der Waals surface area contributed by atoms with E-state index in [-0.39, 0.29) is 5.91 Å². The number of thiophene rings is 1. The van der Waals surface area contributed by atoms with Gasteiger partial charge in [0.05, 0.1) is 7.11 Å². The maximum Gasteiger partial charge on any atom is 0.262 e. The van der Waals surface area contributed by atoms with Crippen LogP contribution in [0, 0.1) is 0 Å². The number of hydrogen-bond acceptors (Lipinski definition) is 3. The summed E-state index contributed by atoms with van der Waals surface area (Å²) in [6.07, 6.45) is 0. The molecule has 0 bridgehead atoms. The first-order valence-corrected chi connectivity index (χ1v) is 7.51. The van der Waals surface area contributed by atoms with Crippen LogP contribution in [0.15, 0.2) is 34.1 Å². The molecule has 0 saturated heterocycles. The summed E-state index contributed by atoms with van der Waals surface area (Å²) in [7, 11) is 1.58. The van der Waals surface area contributed by atoms with Gasteiger partial charge in [-0.25, -0.2) is 0 Å². The van der Waals surface area contributed by atoms with Crippen LogP contribution in [0.3, 0.4) is 0 Å². The van der Waals surface area contributed by atoms with E-state index in [1.807, 2.05) is 23.6 Å². The summed E-state index contributed by atoms with van der Waals surface area (Å²) < 4.78 is 6.02. The lowest BCUT2D eigenvalue weighted by Crippen LogP contribution is -2.22. The van der Waals surface area contributed by atoms with Gasteiger partial charge in [0.25, 0.3) is 5.91 Å². The van der Waals surface area contributed by atoms with Crippen LogP contribution in [-0.2, 0) is 6.54 Å². The number of rotatable bonds is 4. The number of carbonyl (C=O) groups excluding carboxylic acids is 1. The molecule has 1 aromatic heterocycles. The van der Waals surface area contributed by atoms with Gasteiger partial charge >= 0.3 is 0 Å². The third kappa shape index (κ3) is 3.29. The molecule has 0 saturated carbocycles. The first-order valence-electron chi connectivity index (χ1n) is 5.46. The molecule has 1 N–H and O–H groups in total. The van der Waals surface area contributed by atoms with Gasteiger partial charge in [0.1, 0.15) is 10.6 Å². The van der Waals surface area contributed by atoms with Crippen molar-refractivity contribution in [2.45, 2.75) is 6.54 Å². The van der Waals surface area contributed by atoms with Crippen molar-refractivity contribution in [1.82, 2.24) is 5.32 Å². The highest BCUT2D eigenvalue weighted by Crippen LogP contribution is 2.27. The molecule has 0 aliphatic heterocycles. The number of methoxy groups -OCH3 is 1. The predicted molar refractivity (Wildman–Crippen MR) is 81.2 cm³/mol. The summed E-state index contributed by atoms with van der Waals surface area (Å²) >= 11 is 10.8. The molecule has 1 aromatic carbocycles. The zero-order valence-corrected chi connectivity index (χ0v) is 13.2. The summed E-state index contributed by atoms with van der Waals surface area (Å²) in [5, 5.41) is 5.26. The molecule has 6 heteroatoms. The minimum Gasteiger partial charge on any atom is -0.496 e. The van der Waals surface area contributed by atoms with E-state index in [1.54, 1.807) is 13.2 Å². The Morgan fingerprint density at radius 2 is 2.26 bits per heavy atom. The Bertz CT molecular complexity index is 600. The summed E-state index contributed by atoms with van der Waals surface area (Å²) in [4.78, 5) is 12.6. The molecule has 0 fully saturated rings. The molecular weight excluding hydrogens is 350 g/mol. The monoisotopic (exact) mass is 359 g/mol. The number of amides is 1. The first kappa shape index (κ1) is 14.4. The van der Waals surface area contributed by atoms with Crippen LogP contribution in [0.4, 0.5) is 0 Å². The maximum atomic E-state index is 12.0. The molecule has 0 spiro atoms. The highest BCUT2D eigenvalue weighted by Gasteiger charge is 2.13. The minimum absolute atomic E-state index is 0.135. The van der Waals surface area contributed by atoms with Crippen molar-refractivity contribution in [2.75, 3.05) is 7.11 Å². The molecule has 2 aromatic rings. The normalized spacial score (nSPS) is 10.3. The van der Waals surface area contributed by atoms with Gasteiger partial charge < -0.3 is 10.1 Å². The fourth-order valence-corrected chi connectivity index (χ4v) is 3.31. The van der Waals surface area contributed by atoms with Crippen molar-refractivity contribution in [3.05, 3.63) is 49.6 Å². The van der Waals surface area contributed by atoms with Gasteiger partial charge in [-0.1, -0.05) is 17.7 Å². The molecule has 19 heavy (non-hydrogen) atoms. The Labute approximate surface area is 128 Å². The zero-order chi connectivity index (χ0) is 13.8. The number of benzene rings is 1. The molecule has 0 radical (unpaired) electrons. The highest BCUT2D eigenvalue weighted by molar-refractivity contribution is 9.10. The van der Waals surface area contributed by atoms with E-state index in [1.165, 1.54) is 11.3 Å². The van der Waals surface area contributed by atoms with Crippen molar-refractivity contribution < 1.29 is 9.53 Å². The fraction of sp³-hybridized carbons (Fsp3) is 0.154. The van der Waals surface area contributed by atoms with Crippen LogP contribution in [0.1, 0.15) is 15.2 Å². The SMILES string of the molecule is COc1cccc(Cl)c1CNC(=O)c1sccc1Br. The van der Waals surface area contributed by atoms with Gasteiger partial charge in [0.2, 0.25) is 0 Å². The Balaban J connectivity index is 2.11. The average molecular weight is 361 g/mol. The van der Waals surface area contributed by atoms with Crippen LogP contribution in [0.25, 0.3) is 0 Å². The molecule has 100 valence electrons. The summed E-state index contributed by atoms with van der Waals surface area (Å²) in [5.41, 5.74) is 0.771. The predicted octanol–water partition coefficient (Wildman–Crippen LogP) is 4.10. The molecule has 0 unspecified atom stereocenters. The second-order valence-electron chi connectivity index (χ2n) is 3.70. The van der Waals surface area contributed by atoms with E-state index in [0.717, 1.165) is 10.0 Å². The molecule has 1 amide bonds. The second-order valence-corrected chi connectivity index (χ2v) is 5.88. The molecule has 0 atom stereocenters. The van der Waals surface area contributed by atoms with Gasteiger partial charge in [-0.2, -0.15) is 0 Å². The van der Waals surface area contributed by atoms with Crippen molar-refractivity contribution >= 4 is 44.8 Å². The molecular formula is C13H11BrClNO2S. The number of halogens is 2. The summed E-state index contributed by atoms with van der Waals surface area (Å²) in [6.45, 7) is 0.325. The van der Waals surface area contributed by atoms with Crippen molar-refractivity contribution in [3.63, 3.8) is 0 Å².